The van der Waals surface area contributed by atoms with Crippen LogP contribution in [0.15, 0.2) is 42.7 Å². The number of carbonyl (C=O) groups is 1. The average Bonchev–Trinajstić information content (AvgIpc) is 2.89. The zero-order chi connectivity index (χ0) is 14.1. The van der Waals surface area contributed by atoms with E-state index in [1.54, 1.807) is 12.1 Å². The van der Waals surface area contributed by atoms with Gasteiger partial charge in [-0.2, -0.15) is 0 Å². The second kappa shape index (κ2) is 4.77. The largest absolute Gasteiger partial charge is 0.465 e. The van der Waals surface area contributed by atoms with Gasteiger partial charge in [0.05, 0.1) is 12.7 Å². The Morgan fingerprint density at radius 3 is 2.70 bits per heavy atom. The highest BCUT2D eigenvalue weighted by Gasteiger charge is 2.09. The van der Waals surface area contributed by atoms with Gasteiger partial charge in [0, 0.05) is 11.6 Å². The van der Waals surface area contributed by atoms with Crippen molar-refractivity contribution in [2.75, 3.05) is 7.11 Å². The molecule has 3 rings (SSSR count). The van der Waals surface area contributed by atoms with Gasteiger partial charge in [0.25, 0.3) is 0 Å². The number of pyridine rings is 1. The lowest BCUT2D eigenvalue weighted by Gasteiger charge is -2.00. The number of carbonyl (C=O) groups excluding carboxylic acids is 1. The number of hydrogen-bond acceptors (Lipinski definition) is 3. The first-order valence-electron chi connectivity index (χ1n) is 6.21. The van der Waals surface area contributed by atoms with E-state index in [0.717, 1.165) is 22.4 Å². The van der Waals surface area contributed by atoms with E-state index >= 15 is 0 Å². The molecule has 0 amide bonds. The first kappa shape index (κ1) is 12.3. The van der Waals surface area contributed by atoms with Crippen LogP contribution in [0.25, 0.3) is 22.4 Å². The molecule has 2 aromatic heterocycles. The van der Waals surface area contributed by atoms with Crippen molar-refractivity contribution in [1.82, 2.24) is 9.97 Å². The van der Waals surface area contributed by atoms with Crippen molar-refractivity contribution in [3.8, 4) is 11.4 Å². The maximum Gasteiger partial charge on any atom is 0.337 e. The number of nitrogens with zero attached hydrogens (tertiary/aromatic N) is 2. The third-order valence-corrected chi connectivity index (χ3v) is 3.14. The van der Waals surface area contributed by atoms with E-state index in [-0.39, 0.29) is 5.97 Å². The van der Waals surface area contributed by atoms with Crippen LogP contribution >= 0.6 is 0 Å². The topological polar surface area (TPSA) is 58.9 Å². The number of fused-ring (bicyclic) bond motifs is 1. The zero-order valence-electron chi connectivity index (χ0n) is 11.3. The van der Waals surface area contributed by atoms with Crippen LogP contribution in [-0.2, 0) is 11.8 Å². The SMILES string of the molecule is COC(=O)c1ccc(-c2nc3cc[n+](C)cc3[nH]2)cc1. The number of esters is 1. The van der Waals surface area contributed by atoms with Crippen LogP contribution in [0, 0.1) is 0 Å². The molecule has 0 unspecified atom stereocenters. The summed E-state index contributed by atoms with van der Waals surface area (Å²) in [5, 5.41) is 0. The van der Waals surface area contributed by atoms with Gasteiger partial charge >= 0.3 is 5.97 Å². The number of methoxy groups -OCH3 is 1. The van der Waals surface area contributed by atoms with E-state index in [1.165, 1.54) is 7.11 Å². The molecule has 20 heavy (non-hydrogen) atoms. The summed E-state index contributed by atoms with van der Waals surface area (Å²) in [4.78, 5) is 19.2. The molecule has 0 saturated carbocycles. The highest BCUT2D eigenvalue weighted by molar-refractivity contribution is 5.90. The van der Waals surface area contributed by atoms with Crippen molar-refractivity contribution in [3.63, 3.8) is 0 Å². The highest BCUT2D eigenvalue weighted by Crippen LogP contribution is 2.20. The maximum absolute atomic E-state index is 11.4. The van der Waals surface area contributed by atoms with Crippen LogP contribution in [0.5, 0.6) is 0 Å². The predicted molar refractivity (Wildman–Crippen MR) is 74.0 cm³/mol. The molecular weight excluding hydrogens is 254 g/mol. The van der Waals surface area contributed by atoms with Crippen molar-refractivity contribution in [2.45, 2.75) is 0 Å². The molecule has 1 N–H and O–H groups in total. The summed E-state index contributed by atoms with van der Waals surface area (Å²) in [5.74, 6) is 0.441. The summed E-state index contributed by atoms with van der Waals surface area (Å²) in [6, 6.07) is 9.12. The third-order valence-electron chi connectivity index (χ3n) is 3.14. The van der Waals surface area contributed by atoms with Gasteiger partial charge in [-0.1, -0.05) is 12.1 Å². The van der Waals surface area contributed by atoms with Gasteiger partial charge in [-0.05, 0) is 12.1 Å². The van der Waals surface area contributed by atoms with Crippen molar-refractivity contribution < 1.29 is 14.1 Å². The van der Waals surface area contributed by atoms with E-state index in [2.05, 4.69) is 14.7 Å². The predicted octanol–water partition coefficient (Wildman–Crippen LogP) is 1.84. The molecule has 1 aromatic carbocycles. The van der Waals surface area contributed by atoms with Crippen LogP contribution in [0.4, 0.5) is 0 Å². The number of benzene rings is 1. The fraction of sp³-hybridized carbons (Fsp3) is 0.133. The van der Waals surface area contributed by atoms with Gasteiger partial charge in [-0.25, -0.2) is 14.3 Å². The van der Waals surface area contributed by atoms with Crippen LogP contribution in [-0.4, -0.2) is 23.0 Å². The quantitative estimate of drug-likeness (QED) is 0.570. The highest BCUT2D eigenvalue weighted by atomic mass is 16.5. The number of aromatic nitrogens is 3. The molecule has 5 nitrogen and oxygen atoms in total. The minimum atomic E-state index is -0.340. The van der Waals surface area contributed by atoms with Gasteiger partial charge in [-0.3, -0.25) is 0 Å². The molecule has 100 valence electrons. The molecule has 0 spiro atoms. The molecule has 5 heteroatoms. The van der Waals surface area contributed by atoms with Gasteiger partial charge in [0.15, 0.2) is 12.4 Å². The lowest BCUT2D eigenvalue weighted by atomic mass is 10.1. The Hall–Kier alpha value is -2.69. The monoisotopic (exact) mass is 268 g/mol. The summed E-state index contributed by atoms with van der Waals surface area (Å²) in [7, 11) is 3.33. The summed E-state index contributed by atoms with van der Waals surface area (Å²) in [6.45, 7) is 0. The third kappa shape index (κ3) is 2.14. The first-order chi connectivity index (χ1) is 9.67. The first-order valence-corrected chi connectivity index (χ1v) is 6.21. The van der Waals surface area contributed by atoms with Crippen LogP contribution < -0.4 is 4.57 Å². The number of imidazole rings is 1. The Kier molecular flexibility index (Phi) is 2.95. The summed E-state index contributed by atoms with van der Waals surface area (Å²) < 4.78 is 6.64. The molecule has 0 aliphatic rings. The van der Waals surface area contributed by atoms with Crippen molar-refractivity contribution in [2.24, 2.45) is 7.05 Å². The van der Waals surface area contributed by atoms with E-state index < -0.39 is 0 Å². The fourth-order valence-corrected chi connectivity index (χ4v) is 2.08. The number of H-pyrrole nitrogens is 1. The number of nitrogens with one attached hydrogen (secondary N) is 1. The minimum absolute atomic E-state index is 0.340. The Balaban J connectivity index is 2.00. The molecule has 0 atom stereocenters. The molecule has 3 aromatic rings. The molecule has 0 bridgehead atoms. The van der Waals surface area contributed by atoms with E-state index in [4.69, 9.17) is 0 Å². The summed E-state index contributed by atoms with van der Waals surface area (Å²) in [6.07, 6.45) is 3.93. The Morgan fingerprint density at radius 2 is 2.00 bits per heavy atom. The molecule has 0 saturated heterocycles. The average molecular weight is 268 g/mol. The maximum atomic E-state index is 11.4. The molecular formula is C15H14N3O2+. The van der Waals surface area contributed by atoms with Gasteiger partial charge < -0.3 is 9.72 Å². The van der Waals surface area contributed by atoms with Gasteiger partial charge in [0.2, 0.25) is 0 Å². The summed E-state index contributed by atoms with van der Waals surface area (Å²) >= 11 is 0. The summed E-state index contributed by atoms with van der Waals surface area (Å²) in [5.41, 5.74) is 3.34. The smallest absolute Gasteiger partial charge is 0.337 e. The molecule has 0 radical (unpaired) electrons. The normalized spacial score (nSPS) is 10.7. The fourth-order valence-electron chi connectivity index (χ4n) is 2.08. The van der Waals surface area contributed by atoms with E-state index in [0.29, 0.717) is 5.56 Å². The van der Waals surface area contributed by atoms with Crippen molar-refractivity contribution >= 4 is 17.0 Å². The van der Waals surface area contributed by atoms with Crippen LogP contribution in [0.3, 0.4) is 0 Å². The standard InChI is InChI=1S/C15H13N3O2/c1-18-8-7-12-13(9-18)17-14(16-12)10-3-5-11(6-4-10)15(19)20-2/h3-9H,1-2H3/p+1. The van der Waals surface area contributed by atoms with Crippen LogP contribution in [0.2, 0.25) is 0 Å². The van der Waals surface area contributed by atoms with Gasteiger partial charge in [-0.15, -0.1) is 0 Å². The van der Waals surface area contributed by atoms with Crippen LogP contribution in [0.1, 0.15) is 10.4 Å². The Morgan fingerprint density at radius 1 is 1.25 bits per heavy atom. The van der Waals surface area contributed by atoms with E-state index in [9.17, 15) is 4.79 Å². The second-order valence-corrected chi connectivity index (χ2v) is 4.56. The number of aromatic amines is 1. The minimum Gasteiger partial charge on any atom is -0.465 e. The second-order valence-electron chi connectivity index (χ2n) is 4.56. The lowest BCUT2D eigenvalue weighted by molar-refractivity contribution is -0.670. The molecule has 2 heterocycles. The van der Waals surface area contributed by atoms with Crippen molar-refractivity contribution in [3.05, 3.63) is 48.3 Å². The van der Waals surface area contributed by atoms with Crippen molar-refractivity contribution in [1.29, 1.82) is 0 Å². The molecule has 0 fully saturated rings. The number of rotatable bonds is 2. The zero-order valence-corrected chi connectivity index (χ0v) is 11.3. The molecule has 0 aliphatic carbocycles. The van der Waals surface area contributed by atoms with Gasteiger partial charge in [0.1, 0.15) is 23.9 Å². The lowest BCUT2D eigenvalue weighted by Crippen LogP contribution is -2.25. The Labute approximate surface area is 115 Å². The van der Waals surface area contributed by atoms with E-state index in [1.807, 2.05) is 42.2 Å². The number of aryl methyl sites for hydroxylation is 1. The number of ether oxygens (including phenoxy) is 1. The number of hydrogen-bond donors (Lipinski definition) is 1. The molecule has 0 aliphatic heterocycles. The Bertz CT molecular complexity index is 775.